The molecule has 28 heavy (non-hydrogen) atoms. The minimum atomic E-state index is -4.52. The van der Waals surface area contributed by atoms with E-state index in [2.05, 4.69) is 4.90 Å². The van der Waals surface area contributed by atoms with Gasteiger partial charge in [0, 0.05) is 36.8 Å². The van der Waals surface area contributed by atoms with Gasteiger partial charge in [-0.15, -0.1) is 0 Å². The number of likely N-dealkylation sites (tertiary alicyclic amines) is 1. The summed E-state index contributed by atoms with van der Waals surface area (Å²) in [6.45, 7) is 1.15. The Morgan fingerprint density at radius 3 is 2.54 bits per heavy atom. The van der Waals surface area contributed by atoms with E-state index in [1.807, 2.05) is 12.1 Å². The Kier molecular flexibility index (Phi) is 5.40. The molecule has 4 rings (SSSR count). The van der Waals surface area contributed by atoms with Crippen molar-refractivity contribution in [1.82, 2.24) is 4.90 Å². The first-order valence-electron chi connectivity index (χ1n) is 10.2. The molecule has 154 valence electrons. The predicted molar refractivity (Wildman–Crippen MR) is 100 cm³/mol. The van der Waals surface area contributed by atoms with Crippen molar-refractivity contribution in [2.75, 3.05) is 24.6 Å². The number of halogens is 3. The molecule has 0 aromatic heterocycles. The van der Waals surface area contributed by atoms with Gasteiger partial charge in [0.2, 0.25) is 5.91 Å². The number of para-hydroxylation sites is 1. The van der Waals surface area contributed by atoms with Crippen LogP contribution in [0.1, 0.15) is 50.0 Å². The van der Waals surface area contributed by atoms with Crippen molar-refractivity contribution in [3.05, 3.63) is 29.8 Å². The summed E-state index contributed by atoms with van der Waals surface area (Å²) >= 11 is 0. The van der Waals surface area contributed by atoms with Gasteiger partial charge in [-0.2, -0.15) is 13.2 Å². The van der Waals surface area contributed by atoms with E-state index in [9.17, 15) is 23.1 Å². The lowest BCUT2D eigenvalue weighted by Crippen LogP contribution is -2.70. The van der Waals surface area contributed by atoms with Crippen molar-refractivity contribution in [3.8, 4) is 0 Å². The van der Waals surface area contributed by atoms with Gasteiger partial charge >= 0.3 is 6.18 Å². The number of aliphatic hydroxyl groups excluding tert-OH is 1. The maximum Gasteiger partial charge on any atom is 0.397 e. The molecule has 4 nitrogen and oxygen atoms in total. The average molecular weight is 396 g/mol. The van der Waals surface area contributed by atoms with Gasteiger partial charge in [-0.1, -0.05) is 37.5 Å². The lowest BCUT2D eigenvalue weighted by molar-refractivity contribution is -0.152. The highest BCUT2D eigenvalue weighted by atomic mass is 19.4. The number of alkyl halides is 3. The lowest BCUT2D eigenvalue weighted by atomic mass is 9.71. The largest absolute Gasteiger partial charge is 0.397 e. The minimum absolute atomic E-state index is 0.0204. The summed E-state index contributed by atoms with van der Waals surface area (Å²) in [4.78, 5) is 16.0. The molecular weight excluding hydrogens is 369 g/mol. The molecule has 3 aliphatic rings. The molecule has 1 amide bonds. The number of anilines is 1. The van der Waals surface area contributed by atoms with Crippen molar-refractivity contribution < 1.29 is 23.1 Å². The van der Waals surface area contributed by atoms with Gasteiger partial charge in [0.25, 0.3) is 0 Å². The van der Waals surface area contributed by atoms with E-state index >= 15 is 0 Å². The SMILES string of the molecule is O=C(CC(F)(F)F)N1C[C@@H]2[C@H](c3ccccc31)[C@@H](CO)N2CC1CCCCC1. The van der Waals surface area contributed by atoms with Crippen LogP contribution in [-0.4, -0.2) is 53.9 Å². The van der Waals surface area contributed by atoms with Gasteiger partial charge in [0.15, 0.2) is 0 Å². The maximum atomic E-state index is 12.8. The van der Waals surface area contributed by atoms with Gasteiger partial charge in [-0.3, -0.25) is 9.69 Å². The molecule has 1 saturated carbocycles. The third kappa shape index (κ3) is 3.66. The van der Waals surface area contributed by atoms with Crippen LogP contribution in [0.3, 0.4) is 0 Å². The van der Waals surface area contributed by atoms with Crippen LogP contribution in [0.15, 0.2) is 24.3 Å². The molecule has 1 saturated heterocycles. The summed E-state index contributed by atoms with van der Waals surface area (Å²) in [6, 6.07) is 7.17. The number of amides is 1. The number of nitrogens with zero attached hydrogens (tertiary/aromatic N) is 2. The Bertz CT molecular complexity index is 718. The van der Waals surface area contributed by atoms with Crippen LogP contribution >= 0.6 is 0 Å². The Labute approximate surface area is 163 Å². The summed E-state index contributed by atoms with van der Waals surface area (Å²) < 4.78 is 38.5. The Balaban J connectivity index is 1.58. The van der Waals surface area contributed by atoms with E-state index in [1.54, 1.807) is 12.1 Å². The van der Waals surface area contributed by atoms with Gasteiger partial charge < -0.3 is 10.0 Å². The van der Waals surface area contributed by atoms with Crippen molar-refractivity contribution in [2.24, 2.45) is 5.92 Å². The topological polar surface area (TPSA) is 43.8 Å². The van der Waals surface area contributed by atoms with Crippen molar-refractivity contribution >= 4 is 11.6 Å². The molecule has 1 aromatic carbocycles. The smallest absolute Gasteiger partial charge is 0.395 e. The fourth-order valence-electron chi connectivity index (χ4n) is 5.41. The summed E-state index contributed by atoms with van der Waals surface area (Å²) in [5.41, 5.74) is 1.45. The molecule has 0 unspecified atom stereocenters. The zero-order chi connectivity index (χ0) is 19.9. The van der Waals surface area contributed by atoms with Crippen LogP contribution in [0.4, 0.5) is 18.9 Å². The molecule has 1 aromatic rings. The van der Waals surface area contributed by atoms with Crippen LogP contribution in [0.25, 0.3) is 0 Å². The van der Waals surface area contributed by atoms with Gasteiger partial charge in [-0.25, -0.2) is 0 Å². The fraction of sp³-hybridized carbons (Fsp3) is 0.667. The summed E-state index contributed by atoms with van der Waals surface area (Å²) in [5.74, 6) is -0.261. The lowest BCUT2D eigenvalue weighted by Gasteiger charge is -2.60. The Hall–Kier alpha value is -1.60. The molecule has 7 heteroatoms. The molecule has 1 aliphatic carbocycles. The Morgan fingerprint density at radius 1 is 1.14 bits per heavy atom. The van der Waals surface area contributed by atoms with E-state index in [0.29, 0.717) is 11.6 Å². The Morgan fingerprint density at radius 2 is 1.86 bits per heavy atom. The number of hydrogen-bond acceptors (Lipinski definition) is 3. The van der Waals surface area contributed by atoms with Crippen LogP contribution in [-0.2, 0) is 4.79 Å². The van der Waals surface area contributed by atoms with Gasteiger partial charge in [0.05, 0.1) is 6.61 Å². The molecular formula is C21H27F3N2O2. The van der Waals surface area contributed by atoms with E-state index in [4.69, 9.17) is 0 Å². The second-order valence-corrected chi connectivity index (χ2v) is 8.40. The second kappa shape index (κ2) is 7.67. The third-order valence-electron chi connectivity index (χ3n) is 6.67. The van der Waals surface area contributed by atoms with Crippen molar-refractivity contribution in [1.29, 1.82) is 0 Å². The second-order valence-electron chi connectivity index (χ2n) is 8.40. The van der Waals surface area contributed by atoms with E-state index in [1.165, 1.54) is 37.0 Å². The first-order chi connectivity index (χ1) is 13.4. The molecule has 0 radical (unpaired) electrons. The summed E-state index contributed by atoms with van der Waals surface area (Å²) in [5, 5.41) is 10.0. The number of fused-ring (bicyclic) bond motifs is 3. The van der Waals surface area contributed by atoms with Crippen LogP contribution in [0.2, 0.25) is 0 Å². The highest BCUT2D eigenvalue weighted by Crippen LogP contribution is 2.49. The van der Waals surface area contributed by atoms with Gasteiger partial charge in [-0.05, 0) is 30.4 Å². The number of aliphatic hydroxyl groups is 1. The third-order valence-corrected chi connectivity index (χ3v) is 6.67. The summed E-state index contributed by atoms with van der Waals surface area (Å²) in [6.07, 6.45) is 0.0747. The zero-order valence-corrected chi connectivity index (χ0v) is 15.9. The monoisotopic (exact) mass is 396 g/mol. The molecule has 2 fully saturated rings. The number of hydrogen-bond donors (Lipinski definition) is 1. The minimum Gasteiger partial charge on any atom is -0.395 e. The molecule has 0 bridgehead atoms. The van der Waals surface area contributed by atoms with E-state index < -0.39 is 18.5 Å². The normalized spacial score (nSPS) is 28.4. The number of rotatable bonds is 4. The van der Waals surface area contributed by atoms with Gasteiger partial charge in [0.1, 0.15) is 6.42 Å². The van der Waals surface area contributed by atoms with Crippen LogP contribution in [0.5, 0.6) is 0 Å². The highest BCUT2D eigenvalue weighted by Gasteiger charge is 2.53. The summed E-state index contributed by atoms with van der Waals surface area (Å²) in [7, 11) is 0. The van der Waals surface area contributed by atoms with Crippen LogP contribution < -0.4 is 4.90 Å². The van der Waals surface area contributed by atoms with Crippen molar-refractivity contribution in [2.45, 2.75) is 62.7 Å². The fourth-order valence-corrected chi connectivity index (χ4v) is 5.41. The maximum absolute atomic E-state index is 12.8. The standard InChI is InChI=1S/C21H27F3N2O2/c22-21(23,24)10-19(28)26-12-17-20(15-8-4-5-9-16(15)26)18(13-27)25(17)11-14-6-2-1-3-7-14/h4-5,8-9,14,17-18,20,27H,1-3,6-7,10-13H2/t17-,18-,20+/m1/s1. The van der Waals surface area contributed by atoms with E-state index in [0.717, 1.165) is 12.1 Å². The number of carbonyl (C=O) groups is 1. The first kappa shape index (κ1) is 19.7. The molecule has 2 aliphatic heterocycles. The molecule has 2 heterocycles. The first-order valence-corrected chi connectivity index (χ1v) is 10.2. The van der Waals surface area contributed by atoms with E-state index in [-0.39, 0.29) is 31.2 Å². The van der Waals surface area contributed by atoms with Crippen LogP contribution in [0, 0.1) is 5.92 Å². The predicted octanol–water partition coefficient (Wildman–Crippen LogP) is 3.69. The quantitative estimate of drug-likeness (QED) is 0.844. The average Bonchev–Trinajstić information content (AvgIpc) is 2.65. The zero-order valence-electron chi connectivity index (χ0n) is 15.9. The highest BCUT2D eigenvalue weighted by molar-refractivity contribution is 5.95. The number of benzene rings is 1. The molecule has 3 atom stereocenters. The molecule has 0 spiro atoms. The number of carbonyl (C=O) groups excluding carboxylic acids is 1. The van der Waals surface area contributed by atoms with Crippen molar-refractivity contribution in [3.63, 3.8) is 0 Å². The molecule has 1 N–H and O–H groups in total.